The molecule has 160 valence electrons. The Morgan fingerprint density at radius 1 is 1.03 bits per heavy atom. The van der Waals surface area contributed by atoms with Crippen LogP contribution in [0.5, 0.6) is 17.2 Å². The van der Waals surface area contributed by atoms with Crippen LogP contribution in [0.25, 0.3) is 0 Å². The quantitative estimate of drug-likeness (QED) is 0.405. The van der Waals surface area contributed by atoms with Crippen LogP contribution in [-0.4, -0.2) is 25.8 Å². The number of amides is 1. The molecule has 0 saturated carbocycles. The number of methoxy groups -OCH3 is 1. The fourth-order valence-electron chi connectivity index (χ4n) is 2.78. The lowest BCUT2D eigenvalue weighted by atomic mass is 10.2. The molecular formula is C24H23FN2O4. The molecule has 0 unspecified atom stereocenters. The van der Waals surface area contributed by atoms with E-state index < -0.39 is 0 Å². The number of rotatable bonds is 9. The summed E-state index contributed by atoms with van der Waals surface area (Å²) in [7, 11) is 1.54. The second-order valence-electron chi connectivity index (χ2n) is 6.45. The zero-order chi connectivity index (χ0) is 22.1. The van der Waals surface area contributed by atoms with Gasteiger partial charge in [0, 0.05) is 11.1 Å². The van der Waals surface area contributed by atoms with Gasteiger partial charge in [-0.15, -0.1) is 0 Å². The number of nitrogens with one attached hydrogen (secondary N) is 1. The number of hydrogen-bond donors (Lipinski definition) is 1. The third-order valence-corrected chi connectivity index (χ3v) is 4.32. The predicted molar refractivity (Wildman–Crippen MR) is 116 cm³/mol. The lowest BCUT2D eigenvalue weighted by molar-refractivity contribution is 0.0954. The Bertz CT molecular complexity index is 1070. The fourth-order valence-corrected chi connectivity index (χ4v) is 2.78. The van der Waals surface area contributed by atoms with E-state index in [9.17, 15) is 9.18 Å². The van der Waals surface area contributed by atoms with Gasteiger partial charge < -0.3 is 14.2 Å². The number of hydrogen-bond acceptors (Lipinski definition) is 5. The van der Waals surface area contributed by atoms with Crippen molar-refractivity contribution in [3.8, 4) is 17.2 Å². The van der Waals surface area contributed by atoms with Crippen molar-refractivity contribution in [1.29, 1.82) is 0 Å². The van der Waals surface area contributed by atoms with Crippen LogP contribution in [0.4, 0.5) is 4.39 Å². The summed E-state index contributed by atoms with van der Waals surface area (Å²) in [5.74, 6) is 0.909. The van der Waals surface area contributed by atoms with E-state index in [-0.39, 0.29) is 18.3 Å². The topological polar surface area (TPSA) is 69.2 Å². The minimum absolute atomic E-state index is 0.115. The molecule has 1 N–H and O–H groups in total. The molecule has 0 radical (unpaired) electrons. The zero-order valence-electron chi connectivity index (χ0n) is 17.3. The number of nitrogens with zero attached hydrogens (tertiary/aromatic N) is 1. The van der Waals surface area contributed by atoms with Crippen LogP contribution in [-0.2, 0) is 6.61 Å². The second kappa shape index (κ2) is 10.8. The number of ether oxygens (including phenoxy) is 3. The molecule has 6 nitrogen and oxygen atoms in total. The summed E-state index contributed by atoms with van der Waals surface area (Å²) in [6.07, 6.45) is 1.50. The third-order valence-electron chi connectivity index (χ3n) is 4.32. The Hall–Kier alpha value is -3.87. The molecule has 0 saturated heterocycles. The summed E-state index contributed by atoms with van der Waals surface area (Å²) in [6, 6.07) is 18.5. The smallest absolute Gasteiger partial charge is 0.271 e. The van der Waals surface area contributed by atoms with Crippen molar-refractivity contribution in [1.82, 2.24) is 5.43 Å². The first kappa shape index (κ1) is 21.8. The highest BCUT2D eigenvalue weighted by molar-refractivity contribution is 5.95. The normalized spacial score (nSPS) is 10.7. The van der Waals surface area contributed by atoms with Crippen LogP contribution < -0.4 is 19.6 Å². The van der Waals surface area contributed by atoms with Crippen molar-refractivity contribution in [3.05, 3.63) is 89.2 Å². The summed E-state index contributed by atoms with van der Waals surface area (Å²) in [6.45, 7) is 2.42. The van der Waals surface area contributed by atoms with E-state index in [4.69, 9.17) is 14.2 Å². The Morgan fingerprint density at radius 3 is 2.65 bits per heavy atom. The van der Waals surface area contributed by atoms with E-state index >= 15 is 0 Å². The van der Waals surface area contributed by atoms with Gasteiger partial charge in [-0.05, 0) is 48.9 Å². The van der Waals surface area contributed by atoms with Crippen molar-refractivity contribution in [2.75, 3.05) is 13.7 Å². The van der Waals surface area contributed by atoms with E-state index in [1.54, 1.807) is 54.6 Å². The van der Waals surface area contributed by atoms with Crippen molar-refractivity contribution >= 4 is 12.1 Å². The van der Waals surface area contributed by atoms with E-state index in [1.165, 1.54) is 19.4 Å². The minimum atomic E-state index is -0.383. The zero-order valence-corrected chi connectivity index (χ0v) is 17.3. The maximum atomic E-state index is 13.7. The molecule has 0 bridgehead atoms. The van der Waals surface area contributed by atoms with Gasteiger partial charge in [0.2, 0.25) is 0 Å². The number of carbonyl (C=O) groups excluding carboxylic acids is 1. The summed E-state index contributed by atoms with van der Waals surface area (Å²) in [5.41, 5.74) is 4.07. The number of halogens is 1. The van der Waals surface area contributed by atoms with Crippen LogP contribution in [0, 0.1) is 5.82 Å². The van der Waals surface area contributed by atoms with Gasteiger partial charge in [0.1, 0.15) is 18.2 Å². The number of carbonyl (C=O) groups is 1. The lowest BCUT2D eigenvalue weighted by Crippen LogP contribution is -2.17. The van der Waals surface area contributed by atoms with Crippen LogP contribution >= 0.6 is 0 Å². The molecule has 0 fully saturated rings. The van der Waals surface area contributed by atoms with Crippen LogP contribution in [0.1, 0.15) is 28.4 Å². The Labute approximate surface area is 180 Å². The van der Waals surface area contributed by atoms with Crippen LogP contribution in [0.15, 0.2) is 71.8 Å². The Balaban J connectivity index is 1.61. The van der Waals surface area contributed by atoms with Crippen LogP contribution in [0.2, 0.25) is 0 Å². The standard InChI is InChI=1S/C24H23FN2O4/c1-3-30-23-14-18(11-12-22(23)29-2)24(28)27-26-15-17-7-6-9-20(13-17)31-16-19-8-4-5-10-21(19)25/h4-15H,3,16H2,1-2H3,(H,27,28)/b26-15+. The highest BCUT2D eigenvalue weighted by Crippen LogP contribution is 2.28. The molecule has 3 aromatic carbocycles. The molecule has 3 aromatic rings. The summed E-state index contributed by atoms with van der Waals surface area (Å²) >= 11 is 0. The maximum Gasteiger partial charge on any atom is 0.271 e. The van der Waals surface area contributed by atoms with Gasteiger partial charge in [0.25, 0.3) is 5.91 Å². The van der Waals surface area contributed by atoms with Crippen molar-refractivity contribution in [3.63, 3.8) is 0 Å². The molecule has 3 rings (SSSR count). The highest BCUT2D eigenvalue weighted by atomic mass is 19.1. The summed E-state index contributed by atoms with van der Waals surface area (Å²) < 4.78 is 30.1. The molecule has 0 aliphatic carbocycles. The SMILES string of the molecule is CCOc1cc(C(=O)N/N=C/c2cccc(OCc3ccccc3F)c2)ccc1OC. The van der Waals surface area contributed by atoms with Crippen molar-refractivity contribution in [2.45, 2.75) is 13.5 Å². The summed E-state index contributed by atoms with van der Waals surface area (Å²) in [5, 5.41) is 4.00. The molecule has 0 heterocycles. The maximum absolute atomic E-state index is 13.7. The van der Waals surface area contributed by atoms with E-state index in [1.807, 2.05) is 13.0 Å². The molecule has 31 heavy (non-hydrogen) atoms. The lowest BCUT2D eigenvalue weighted by Gasteiger charge is -2.10. The van der Waals surface area contributed by atoms with Gasteiger partial charge in [-0.2, -0.15) is 5.10 Å². The van der Waals surface area contributed by atoms with Gasteiger partial charge in [-0.3, -0.25) is 4.79 Å². The third kappa shape index (κ3) is 6.05. The van der Waals surface area contributed by atoms with Gasteiger partial charge >= 0.3 is 0 Å². The molecule has 0 aliphatic heterocycles. The van der Waals surface area contributed by atoms with E-state index in [2.05, 4.69) is 10.5 Å². The fraction of sp³-hybridized carbons (Fsp3) is 0.167. The average Bonchev–Trinajstić information content (AvgIpc) is 2.79. The van der Waals surface area contributed by atoms with Gasteiger partial charge in [0.15, 0.2) is 11.5 Å². The first-order valence-electron chi connectivity index (χ1n) is 9.71. The average molecular weight is 422 g/mol. The van der Waals surface area contributed by atoms with Crippen molar-refractivity contribution < 1.29 is 23.4 Å². The Morgan fingerprint density at radius 2 is 1.87 bits per heavy atom. The molecule has 0 atom stereocenters. The van der Waals surface area contributed by atoms with Gasteiger partial charge in [-0.25, -0.2) is 9.82 Å². The van der Waals surface area contributed by atoms with Gasteiger partial charge in [0.05, 0.1) is 19.9 Å². The van der Waals surface area contributed by atoms with Crippen molar-refractivity contribution in [2.24, 2.45) is 5.10 Å². The van der Waals surface area contributed by atoms with E-state index in [0.717, 1.165) is 5.56 Å². The van der Waals surface area contributed by atoms with E-state index in [0.29, 0.717) is 35.0 Å². The summed E-state index contributed by atoms with van der Waals surface area (Å²) in [4.78, 5) is 12.4. The molecule has 7 heteroatoms. The van der Waals surface area contributed by atoms with Gasteiger partial charge in [-0.1, -0.05) is 30.3 Å². The molecule has 1 amide bonds. The number of benzene rings is 3. The molecule has 0 spiro atoms. The Kier molecular flexibility index (Phi) is 7.59. The molecule has 0 aromatic heterocycles. The highest BCUT2D eigenvalue weighted by Gasteiger charge is 2.10. The first-order chi connectivity index (χ1) is 15.1. The monoisotopic (exact) mass is 422 g/mol. The van der Waals surface area contributed by atoms with Crippen LogP contribution in [0.3, 0.4) is 0 Å². The number of hydrazone groups is 1. The molecular weight excluding hydrogens is 399 g/mol. The predicted octanol–water partition coefficient (Wildman–Crippen LogP) is 4.58. The minimum Gasteiger partial charge on any atom is -0.493 e. The largest absolute Gasteiger partial charge is 0.493 e. The first-order valence-corrected chi connectivity index (χ1v) is 9.71. The molecule has 0 aliphatic rings. The second-order valence-corrected chi connectivity index (χ2v) is 6.45.